The maximum absolute atomic E-state index is 13.1. The van der Waals surface area contributed by atoms with Gasteiger partial charge in [0, 0.05) is 24.4 Å². The molecule has 0 N–H and O–H groups in total. The van der Waals surface area contributed by atoms with E-state index in [1.165, 1.54) is 15.6 Å². The van der Waals surface area contributed by atoms with Gasteiger partial charge in [-0.25, -0.2) is 9.97 Å². The lowest BCUT2D eigenvalue weighted by Crippen LogP contribution is -2.42. The first kappa shape index (κ1) is 19.2. The molecule has 160 valence electrons. The van der Waals surface area contributed by atoms with Gasteiger partial charge in [-0.15, -0.1) is 11.3 Å². The van der Waals surface area contributed by atoms with Crippen molar-refractivity contribution in [3.8, 4) is 0 Å². The highest BCUT2D eigenvalue weighted by Crippen LogP contribution is 2.33. The Labute approximate surface area is 186 Å². The third kappa shape index (κ3) is 3.18. The Kier molecular flexibility index (Phi) is 4.53. The smallest absolute Gasteiger partial charge is 0.297 e. The quantitative estimate of drug-likeness (QED) is 0.417. The molecule has 0 spiro atoms. The third-order valence-corrected chi connectivity index (χ3v) is 7.29. The number of hydrogen-bond acceptors (Lipinski definition) is 6. The molecule has 0 saturated carbocycles. The second kappa shape index (κ2) is 7.56. The molecule has 1 amide bonds. The van der Waals surface area contributed by atoms with Gasteiger partial charge in [-0.3, -0.25) is 14.2 Å². The lowest BCUT2D eigenvalue weighted by Gasteiger charge is -2.32. The third-order valence-electron chi connectivity index (χ3n) is 6.09. The highest BCUT2D eigenvalue weighted by Gasteiger charge is 2.27. The monoisotopic (exact) mass is 444 g/mol. The molecule has 0 aliphatic carbocycles. The van der Waals surface area contributed by atoms with Gasteiger partial charge in [-0.05, 0) is 37.1 Å². The molecule has 1 aliphatic rings. The maximum atomic E-state index is 13.1. The van der Waals surface area contributed by atoms with Gasteiger partial charge in [0.25, 0.3) is 5.56 Å². The second-order valence-electron chi connectivity index (χ2n) is 8.15. The van der Waals surface area contributed by atoms with E-state index in [-0.39, 0.29) is 29.5 Å². The molecule has 32 heavy (non-hydrogen) atoms. The van der Waals surface area contributed by atoms with Gasteiger partial charge < -0.3 is 9.32 Å². The fourth-order valence-corrected chi connectivity index (χ4v) is 5.54. The summed E-state index contributed by atoms with van der Waals surface area (Å²) in [5, 5.41) is 1.87. The zero-order chi connectivity index (χ0) is 21.7. The number of benzene rings is 2. The minimum atomic E-state index is -0.334. The Balaban J connectivity index is 1.24. The van der Waals surface area contributed by atoms with E-state index in [2.05, 4.69) is 11.1 Å². The van der Waals surface area contributed by atoms with Crippen LogP contribution in [0.1, 0.15) is 23.8 Å². The average Bonchev–Trinajstić information content (AvgIpc) is 3.43. The number of nitrogens with zero attached hydrogens (tertiary/aromatic N) is 4. The van der Waals surface area contributed by atoms with Crippen LogP contribution < -0.4 is 5.56 Å². The average molecular weight is 445 g/mol. The number of aromatic nitrogens is 3. The number of carbonyl (C=O) groups is 1. The number of para-hydroxylation sites is 2. The SMILES string of the molecule is O=C(Cn1cnc2c(oc3ccccc32)c1=O)N1CCC[C@@H](c2nc3ccccc3s2)C1. The normalized spacial score (nSPS) is 16.9. The van der Waals surface area contributed by atoms with E-state index >= 15 is 0 Å². The molecule has 1 atom stereocenters. The van der Waals surface area contributed by atoms with Crippen LogP contribution in [0.25, 0.3) is 32.3 Å². The number of carbonyl (C=O) groups excluding carboxylic acids is 1. The first-order valence-corrected chi connectivity index (χ1v) is 11.5. The first-order valence-electron chi connectivity index (χ1n) is 10.7. The lowest BCUT2D eigenvalue weighted by atomic mass is 9.98. The molecule has 5 aromatic rings. The molecule has 1 saturated heterocycles. The Bertz CT molecular complexity index is 1500. The Morgan fingerprint density at radius 3 is 2.91 bits per heavy atom. The minimum absolute atomic E-state index is 0.0502. The summed E-state index contributed by atoms with van der Waals surface area (Å²) in [5.74, 6) is 0.132. The molecule has 3 aromatic heterocycles. The lowest BCUT2D eigenvalue weighted by molar-refractivity contribution is -0.133. The largest absolute Gasteiger partial charge is 0.448 e. The van der Waals surface area contributed by atoms with Gasteiger partial charge >= 0.3 is 0 Å². The number of hydrogen-bond donors (Lipinski definition) is 0. The summed E-state index contributed by atoms with van der Waals surface area (Å²) >= 11 is 1.70. The molecular formula is C24H20N4O3S. The van der Waals surface area contributed by atoms with Crippen LogP contribution in [0.3, 0.4) is 0 Å². The molecule has 8 heteroatoms. The predicted octanol–water partition coefficient (Wildman–Crippen LogP) is 4.16. The second-order valence-corrected chi connectivity index (χ2v) is 9.21. The maximum Gasteiger partial charge on any atom is 0.297 e. The summed E-state index contributed by atoms with van der Waals surface area (Å²) in [4.78, 5) is 37.1. The van der Waals surface area contributed by atoms with Gasteiger partial charge in [0.15, 0.2) is 0 Å². The molecule has 6 rings (SSSR count). The van der Waals surface area contributed by atoms with Crippen LogP contribution in [0.4, 0.5) is 0 Å². The van der Waals surface area contributed by atoms with Crippen molar-refractivity contribution in [1.29, 1.82) is 0 Å². The molecule has 0 unspecified atom stereocenters. The van der Waals surface area contributed by atoms with Crippen LogP contribution in [0.15, 0.2) is 64.1 Å². The summed E-state index contributed by atoms with van der Waals surface area (Å²) in [6, 6.07) is 15.5. The van der Waals surface area contributed by atoms with Crippen molar-refractivity contribution in [3.05, 3.63) is 70.2 Å². The Morgan fingerprint density at radius 1 is 1.16 bits per heavy atom. The summed E-state index contributed by atoms with van der Waals surface area (Å²) in [6.07, 6.45) is 3.37. The molecule has 0 radical (unpaired) electrons. The van der Waals surface area contributed by atoms with Gasteiger partial charge in [0.2, 0.25) is 11.5 Å². The molecule has 2 aromatic carbocycles. The number of fused-ring (bicyclic) bond motifs is 4. The van der Waals surface area contributed by atoms with E-state index in [9.17, 15) is 9.59 Å². The van der Waals surface area contributed by atoms with Crippen LogP contribution >= 0.6 is 11.3 Å². The molecule has 1 fully saturated rings. The predicted molar refractivity (Wildman–Crippen MR) is 124 cm³/mol. The van der Waals surface area contributed by atoms with Crippen molar-refractivity contribution in [2.75, 3.05) is 13.1 Å². The molecule has 0 bridgehead atoms. The molecule has 7 nitrogen and oxygen atoms in total. The van der Waals surface area contributed by atoms with E-state index in [1.54, 1.807) is 11.3 Å². The standard InChI is InChI=1S/C24H20N4O3S/c29-20(13-28-14-25-21-16-7-1-3-9-18(16)31-22(21)24(28)30)27-11-5-6-15(12-27)23-26-17-8-2-4-10-19(17)32-23/h1-4,7-10,14-15H,5-6,11-13H2/t15-/m1/s1. The summed E-state index contributed by atoms with van der Waals surface area (Å²) < 4.78 is 8.24. The van der Waals surface area contributed by atoms with Crippen LogP contribution in [0.5, 0.6) is 0 Å². The Morgan fingerprint density at radius 2 is 2.00 bits per heavy atom. The summed E-state index contributed by atoms with van der Waals surface area (Å²) in [7, 11) is 0. The highest BCUT2D eigenvalue weighted by atomic mass is 32.1. The zero-order valence-corrected chi connectivity index (χ0v) is 18.0. The van der Waals surface area contributed by atoms with Crippen molar-refractivity contribution in [1.82, 2.24) is 19.4 Å². The highest BCUT2D eigenvalue weighted by molar-refractivity contribution is 7.18. The molecule has 1 aliphatic heterocycles. The van der Waals surface area contributed by atoms with E-state index in [0.29, 0.717) is 24.2 Å². The van der Waals surface area contributed by atoms with Gasteiger partial charge in [0.1, 0.15) is 17.6 Å². The van der Waals surface area contributed by atoms with Crippen LogP contribution in [-0.4, -0.2) is 38.4 Å². The van der Waals surface area contributed by atoms with Crippen LogP contribution in [-0.2, 0) is 11.3 Å². The fraction of sp³-hybridized carbons (Fsp3) is 0.250. The van der Waals surface area contributed by atoms with E-state index < -0.39 is 0 Å². The molecular weight excluding hydrogens is 424 g/mol. The zero-order valence-electron chi connectivity index (χ0n) is 17.2. The van der Waals surface area contributed by atoms with Crippen molar-refractivity contribution in [2.24, 2.45) is 0 Å². The van der Waals surface area contributed by atoms with E-state index in [1.807, 2.05) is 47.4 Å². The van der Waals surface area contributed by atoms with Crippen molar-refractivity contribution >= 4 is 49.5 Å². The van der Waals surface area contributed by atoms with Gasteiger partial charge in [-0.2, -0.15) is 0 Å². The van der Waals surface area contributed by atoms with Gasteiger partial charge in [0.05, 0.1) is 21.6 Å². The number of thiazole rings is 1. The van der Waals surface area contributed by atoms with Crippen molar-refractivity contribution < 1.29 is 9.21 Å². The van der Waals surface area contributed by atoms with Crippen molar-refractivity contribution in [3.63, 3.8) is 0 Å². The van der Waals surface area contributed by atoms with Crippen LogP contribution in [0, 0.1) is 0 Å². The number of piperidine rings is 1. The van der Waals surface area contributed by atoms with E-state index in [4.69, 9.17) is 9.40 Å². The number of likely N-dealkylation sites (tertiary alicyclic amines) is 1. The summed E-state index contributed by atoms with van der Waals surface area (Å²) in [5.41, 5.74) is 2.01. The summed E-state index contributed by atoms with van der Waals surface area (Å²) in [6.45, 7) is 1.26. The number of rotatable bonds is 3. The van der Waals surface area contributed by atoms with Gasteiger partial charge in [-0.1, -0.05) is 24.3 Å². The molecule has 4 heterocycles. The number of amides is 1. The van der Waals surface area contributed by atoms with E-state index in [0.717, 1.165) is 28.8 Å². The topological polar surface area (TPSA) is 81.2 Å². The Hall–Kier alpha value is -3.52. The fourth-order valence-electron chi connectivity index (χ4n) is 4.44. The minimum Gasteiger partial charge on any atom is -0.448 e. The number of furan rings is 1. The van der Waals surface area contributed by atoms with Crippen molar-refractivity contribution in [2.45, 2.75) is 25.3 Å². The van der Waals surface area contributed by atoms with Crippen LogP contribution in [0.2, 0.25) is 0 Å². The first-order chi connectivity index (χ1) is 15.7.